The molecule has 6 nitrogen and oxygen atoms in total. The lowest BCUT2D eigenvalue weighted by Gasteiger charge is -2.29. The Labute approximate surface area is 194 Å². The number of hydrogen-bond donors (Lipinski definition) is 1. The summed E-state index contributed by atoms with van der Waals surface area (Å²) < 4.78 is 46.1. The molecule has 1 aliphatic carbocycles. The summed E-state index contributed by atoms with van der Waals surface area (Å²) in [5, 5.41) is 9.08. The largest absolute Gasteiger partial charge is 0.492 e. The van der Waals surface area contributed by atoms with Crippen molar-refractivity contribution >= 4 is 34.6 Å². The maximum Gasteiger partial charge on any atom is 0.417 e. The zero-order chi connectivity index (χ0) is 24.2. The van der Waals surface area contributed by atoms with Gasteiger partial charge in [0.2, 0.25) is 0 Å². The Kier molecular flexibility index (Phi) is 5.38. The molecule has 2 aromatic carbocycles. The molecule has 0 spiro atoms. The fraction of sp³-hybridized carbons (Fsp3) is 0.348. The monoisotopic (exact) mass is 474 g/mol. The lowest BCUT2D eigenvalue weighted by atomic mass is 10.0. The first-order chi connectivity index (χ1) is 15.4. The molecule has 0 bridgehead atoms. The van der Waals surface area contributed by atoms with Gasteiger partial charge in [-0.15, -0.1) is 0 Å². The minimum absolute atomic E-state index is 0.0374. The number of thiocarbonyl (C=S) groups is 1. The normalized spacial score (nSPS) is 18.9. The van der Waals surface area contributed by atoms with Crippen LogP contribution in [0.5, 0.6) is 5.75 Å². The molecule has 2 aromatic rings. The van der Waals surface area contributed by atoms with Crippen molar-refractivity contribution in [2.24, 2.45) is 5.73 Å². The Morgan fingerprint density at radius 1 is 1.15 bits per heavy atom. The van der Waals surface area contributed by atoms with Gasteiger partial charge in [-0.1, -0.05) is 0 Å². The van der Waals surface area contributed by atoms with E-state index >= 15 is 0 Å². The molecule has 2 N–H and O–H groups in total. The lowest BCUT2D eigenvalue weighted by molar-refractivity contribution is -0.137. The third-order valence-electron chi connectivity index (χ3n) is 5.87. The van der Waals surface area contributed by atoms with Gasteiger partial charge in [0.05, 0.1) is 28.4 Å². The molecule has 0 unspecified atom stereocenters. The molecule has 1 aliphatic heterocycles. The van der Waals surface area contributed by atoms with E-state index in [1.54, 1.807) is 43.0 Å². The minimum atomic E-state index is -4.75. The molecular formula is C23H21F3N4O2S. The number of amides is 1. The second kappa shape index (κ2) is 7.71. The number of nitrogens with two attached hydrogens (primary N) is 1. The Morgan fingerprint density at radius 3 is 2.30 bits per heavy atom. The van der Waals surface area contributed by atoms with Gasteiger partial charge in [0.15, 0.2) is 5.11 Å². The van der Waals surface area contributed by atoms with E-state index in [2.05, 4.69) is 0 Å². The van der Waals surface area contributed by atoms with Gasteiger partial charge in [-0.25, -0.2) is 0 Å². The van der Waals surface area contributed by atoms with Gasteiger partial charge in [-0.2, -0.15) is 18.4 Å². The van der Waals surface area contributed by atoms with Crippen molar-refractivity contribution in [1.29, 1.82) is 5.26 Å². The summed E-state index contributed by atoms with van der Waals surface area (Å²) in [6.07, 6.45) is -2.91. The fourth-order valence-corrected chi connectivity index (χ4v) is 4.20. The number of halogens is 3. The Morgan fingerprint density at radius 2 is 1.76 bits per heavy atom. The number of rotatable bonds is 5. The maximum absolute atomic E-state index is 13.5. The number of hydrogen-bond acceptors (Lipinski definition) is 5. The molecule has 0 radical (unpaired) electrons. The van der Waals surface area contributed by atoms with Crippen molar-refractivity contribution in [3.05, 3.63) is 53.6 Å². The van der Waals surface area contributed by atoms with Gasteiger partial charge in [0, 0.05) is 5.69 Å². The van der Waals surface area contributed by atoms with E-state index in [4.69, 9.17) is 28.0 Å². The van der Waals surface area contributed by atoms with E-state index in [1.165, 1.54) is 12.1 Å². The SMILES string of the molecule is CC1(C)C(=O)N(c2ccc(C#N)c(C(F)(F)F)c2)C(=S)N1c1ccc(OCC2(N)CC2)cc1. The number of nitriles is 1. The molecule has 1 amide bonds. The van der Waals surface area contributed by atoms with Crippen molar-refractivity contribution in [2.75, 3.05) is 16.4 Å². The zero-order valence-electron chi connectivity index (χ0n) is 17.9. The highest BCUT2D eigenvalue weighted by atomic mass is 32.1. The molecule has 10 heteroatoms. The minimum Gasteiger partial charge on any atom is -0.492 e. The van der Waals surface area contributed by atoms with E-state index in [0.717, 1.165) is 29.9 Å². The van der Waals surface area contributed by atoms with Crippen LogP contribution in [0.25, 0.3) is 0 Å². The number of carbonyl (C=O) groups is 1. The number of carbonyl (C=O) groups excluding carboxylic acids is 1. The zero-order valence-corrected chi connectivity index (χ0v) is 18.8. The summed E-state index contributed by atoms with van der Waals surface area (Å²) in [5.41, 5.74) is 3.51. The van der Waals surface area contributed by atoms with E-state index in [9.17, 15) is 18.0 Å². The van der Waals surface area contributed by atoms with E-state index in [-0.39, 0.29) is 16.3 Å². The molecule has 1 saturated carbocycles. The first-order valence-electron chi connectivity index (χ1n) is 10.2. The fourth-order valence-electron chi connectivity index (χ4n) is 3.68. The van der Waals surface area contributed by atoms with Gasteiger partial charge >= 0.3 is 6.18 Å². The topological polar surface area (TPSA) is 82.6 Å². The van der Waals surface area contributed by atoms with Crippen LogP contribution in [0.3, 0.4) is 0 Å². The highest BCUT2D eigenvalue weighted by Gasteiger charge is 2.50. The van der Waals surface area contributed by atoms with E-state index < -0.39 is 28.7 Å². The van der Waals surface area contributed by atoms with Gasteiger partial charge in [0.1, 0.15) is 17.9 Å². The highest BCUT2D eigenvalue weighted by Crippen LogP contribution is 2.40. The molecule has 4 rings (SSSR count). The summed E-state index contributed by atoms with van der Waals surface area (Å²) in [6.45, 7) is 3.70. The molecule has 33 heavy (non-hydrogen) atoms. The van der Waals surface area contributed by atoms with Crippen molar-refractivity contribution < 1.29 is 22.7 Å². The summed E-state index contributed by atoms with van der Waals surface area (Å²) in [6, 6.07) is 11.6. The van der Waals surface area contributed by atoms with Crippen LogP contribution in [-0.2, 0) is 11.0 Å². The highest BCUT2D eigenvalue weighted by molar-refractivity contribution is 7.81. The van der Waals surface area contributed by atoms with E-state index in [1.807, 2.05) is 0 Å². The quantitative estimate of drug-likeness (QED) is 0.649. The predicted molar refractivity (Wildman–Crippen MR) is 121 cm³/mol. The Hall–Kier alpha value is -3.16. The summed E-state index contributed by atoms with van der Waals surface area (Å²) >= 11 is 5.53. The van der Waals surface area contributed by atoms with Crippen LogP contribution < -0.4 is 20.3 Å². The summed E-state index contributed by atoms with van der Waals surface area (Å²) in [5.74, 6) is 0.132. The second-order valence-corrected chi connectivity index (χ2v) is 9.17. The van der Waals surface area contributed by atoms with Gasteiger partial charge in [-0.3, -0.25) is 9.69 Å². The third kappa shape index (κ3) is 4.14. The average Bonchev–Trinajstić information content (AvgIpc) is 3.46. The van der Waals surface area contributed by atoms with Crippen LogP contribution in [0.4, 0.5) is 24.5 Å². The van der Waals surface area contributed by atoms with Crippen molar-refractivity contribution in [3.63, 3.8) is 0 Å². The van der Waals surface area contributed by atoms with Gasteiger partial charge in [-0.05, 0) is 81.4 Å². The molecule has 172 valence electrons. The lowest BCUT2D eigenvalue weighted by Crippen LogP contribution is -2.44. The van der Waals surface area contributed by atoms with E-state index in [0.29, 0.717) is 18.0 Å². The van der Waals surface area contributed by atoms with Crippen molar-refractivity contribution in [3.8, 4) is 11.8 Å². The smallest absolute Gasteiger partial charge is 0.417 e. The summed E-state index contributed by atoms with van der Waals surface area (Å²) in [7, 11) is 0. The van der Waals surface area contributed by atoms with Crippen LogP contribution >= 0.6 is 12.2 Å². The van der Waals surface area contributed by atoms with Crippen LogP contribution in [0.2, 0.25) is 0 Å². The predicted octanol–water partition coefficient (Wildman–Crippen LogP) is 4.36. The number of ether oxygens (including phenoxy) is 1. The third-order valence-corrected chi connectivity index (χ3v) is 6.23. The Bertz CT molecular complexity index is 1170. The first kappa shape index (κ1) is 23.0. The average molecular weight is 475 g/mol. The molecule has 1 heterocycles. The Balaban J connectivity index is 1.64. The van der Waals surface area contributed by atoms with Crippen LogP contribution in [0.15, 0.2) is 42.5 Å². The molecule has 1 saturated heterocycles. The molecule has 2 fully saturated rings. The molecular weight excluding hydrogens is 453 g/mol. The standard InChI is InChI=1S/C23H21F3N4O2S/c1-21(2)19(31)29(16-4-3-14(12-27)18(11-16)23(24,25)26)20(33)30(21)15-5-7-17(8-6-15)32-13-22(28)9-10-22/h3-8,11H,9-10,13,28H2,1-2H3. The number of benzene rings is 2. The molecule has 0 aromatic heterocycles. The van der Waals surface area contributed by atoms with Gasteiger partial charge in [0.25, 0.3) is 5.91 Å². The molecule has 2 aliphatic rings. The van der Waals surface area contributed by atoms with Crippen LogP contribution in [0.1, 0.15) is 37.8 Å². The van der Waals surface area contributed by atoms with Gasteiger partial charge < -0.3 is 15.4 Å². The number of alkyl halides is 3. The van der Waals surface area contributed by atoms with Crippen molar-refractivity contribution in [2.45, 2.75) is 43.9 Å². The summed E-state index contributed by atoms with van der Waals surface area (Å²) in [4.78, 5) is 15.9. The van der Waals surface area contributed by atoms with Crippen LogP contribution in [-0.4, -0.2) is 28.7 Å². The molecule has 0 atom stereocenters. The number of anilines is 2. The number of nitrogens with zero attached hydrogens (tertiary/aromatic N) is 3. The second-order valence-electron chi connectivity index (χ2n) is 8.80. The maximum atomic E-state index is 13.5. The van der Waals surface area contributed by atoms with Crippen molar-refractivity contribution in [1.82, 2.24) is 0 Å². The van der Waals surface area contributed by atoms with Crippen LogP contribution in [0, 0.1) is 11.3 Å². The first-order valence-corrected chi connectivity index (χ1v) is 10.6.